The van der Waals surface area contributed by atoms with Crippen molar-refractivity contribution in [2.75, 3.05) is 20.3 Å². The molecule has 1 aromatic rings. The smallest absolute Gasteiger partial charge is 0.493 e. The lowest BCUT2D eigenvalue weighted by Gasteiger charge is -2.19. The predicted molar refractivity (Wildman–Crippen MR) is 89.8 cm³/mol. The largest absolute Gasteiger partial charge is 0.507 e. The lowest BCUT2D eigenvalue weighted by molar-refractivity contribution is -0.0123. The van der Waals surface area contributed by atoms with E-state index in [1.807, 2.05) is 18.2 Å². The van der Waals surface area contributed by atoms with E-state index in [9.17, 15) is 4.79 Å². The van der Waals surface area contributed by atoms with Gasteiger partial charge in [0.1, 0.15) is 0 Å². The number of rotatable bonds is 7. The van der Waals surface area contributed by atoms with E-state index in [0.717, 1.165) is 12.0 Å². The lowest BCUT2D eigenvalue weighted by atomic mass is 10.2. The summed E-state index contributed by atoms with van der Waals surface area (Å²) in [5.74, 6) is 1.74. The van der Waals surface area contributed by atoms with Gasteiger partial charge in [0, 0.05) is 13.0 Å². The van der Waals surface area contributed by atoms with E-state index < -0.39 is 12.4 Å². The van der Waals surface area contributed by atoms with E-state index in [1.165, 1.54) is 0 Å². The van der Waals surface area contributed by atoms with Crippen molar-refractivity contribution >= 4 is 12.4 Å². The first kappa shape index (κ1) is 17.9. The van der Waals surface area contributed by atoms with E-state index in [1.54, 1.807) is 18.3 Å². The summed E-state index contributed by atoms with van der Waals surface area (Å²) < 4.78 is 15.9. The maximum absolute atomic E-state index is 10.7. The highest BCUT2D eigenvalue weighted by atomic mass is 16.7. The molecule has 0 amide bonds. The molecule has 0 radical (unpaired) electrons. The molecule has 132 valence electrons. The summed E-state index contributed by atoms with van der Waals surface area (Å²) in [5.41, 5.74) is 0.843. The van der Waals surface area contributed by atoms with Gasteiger partial charge in [-0.3, -0.25) is 5.01 Å². The molecule has 7 heteroatoms. The molecular formula is C17H24N2O5. The second-order valence-corrected chi connectivity index (χ2v) is 6.00. The van der Waals surface area contributed by atoms with Gasteiger partial charge < -0.3 is 19.3 Å². The second kappa shape index (κ2) is 8.42. The van der Waals surface area contributed by atoms with E-state index in [0.29, 0.717) is 37.0 Å². The number of carboxylic acid groups (broad SMARTS) is 1. The SMILES string of the molecule is COc1ccc(/C=N/N2CCCC2OC(=O)O)cc1OCC(C)C. The molecule has 1 atom stereocenters. The average molecular weight is 336 g/mol. The van der Waals surface area contributed by atoms with Crippen molar-refractivity contribution in [3.63, 3.8) is 0 Å². The number of ether oxygens (including phenoxy) is 3. The van der Waals surface area contributed by atoms with Crippen LogP contribution in [-0.2, 0) is 4.74 Å². The maximum Gasteiger partial charge on any atom is 0.507 e. The third-order valence-electron chi connectivity index (χ3n) is 3.52. The Labute approximate surface area is 141 Å². The van der Waals surface area contributed by atoms with Crippen LogP contribution in [0.3, 0.4) is 0 Å². The minimum Gasteiger partial charge on any atom is -0.493 e. The number of hydrogen-bond acceptors (Lipinski definition) is 6. The molecule has 1 fully saturated rings. The number of hydrogen-bond donors (Lipinski definition) is 1. The van der Waals surface area contributed by atoms with Crippen LogP contribution in [-0.4, -0.2) is 49.0 Å². The Kier molecular flexibility index (Phi) is 6.28. The Morgan fingerprint density at radius 1 is 1.46 bits per heavy atom. The standard InChI is InChI=1S/C17H24N2O5/c1-12(2)11-23-15-9-13(6-7-14(15)22-3)10-18-19-8-4-5-16(19)24-17(20)21/h6-7,9-10,12,16H,4-5,8,11H2,1-3H3,(H,20,21)/b18-10+. The average Bonchev–Trinajstić information content (AvgIpc) is 2.97. The molecule has 24 heavy (non-hydrogen) atoms. The summed E-state index contributed by atoms with van der Waals surface area (Å²) >= 11 is 0. The zero-order valence-electron chi connectivity index (χ0n) is 14.3. The number of nitrogens with zero attached hydrogens (tertiary/aromatic N) is 2. The maximum atomic E-state index is 10.7. The normalized spacial score (nSPS) is 17.5. The Bertz CT molecular complexity index is 588. The van der Waals surface area contributed by atoms with Gasteiger partial charge in [0.05, 0.1) is 19.9 Å². The summed E-state index contributed by atoms with van der Waals surface area (Å²) in [7, 11) is 1.60. The van der Waals surface area contributed by atoms with Gasteiger partial charge in [-0.15, -0.1) is 0 Å². The molecule has 1 unspecified atom stereocenters. The van der Waals surface area contributed by atoms with Crippen LogP contribution in [0.4, 0.5) is 4.79 Å². The third-order valence-corrected chi connectivity index (χ3v) is 3.52. The fourth-order valence-corrected chi connectivity index (χ4v) is 2.37. The molecule has 0 spiro atoms. The summed E-state index contributed by atoms with van der Waals surface area (Å²) in [6.45, 7) is 5.42. The van der Waals surface area contributed by atoms with Crippen LogP contribution < -0.4 is 9.47 Å². The first-order valence-electron chi connectivity index (χ1n) is 8.00. The third kappa shape index (κ3) is 5.04. The highest BCUT2D eigenvalue weighted by Gasteiger charge is 2.26. The summed E-state index contributed by atoms with van der Waals surface area (Å²) in [4.78, 5) is 10.7. The van der Waals surface area contributed by atoms with Crippen LogP contribution in [0.1, 0.15) is 32.3 Å². The Hall–Kier alpha value is -2.44. The topological polar surface area (TPSA) is 80.6 Å². The molecule has 0 aromatic heterocycles. The highest BCUT2D eigenvalue weighted by Crippen LogP contribution is 2.28. The molecule has 1 aliphatic rings. The van der Waals surface area contributed by atoms with Crippen molar-refractivity contribution in [3.8, 4) is 11.5 Å². The van der Waals surface area contributed by atoms with E-state index >= 15 is 0 Å². The monoisotopic (exact) mass is 336 g/mol. The number of hydrazone groups is 1. The molecule has 2 rings (SSSR count). The number of methoxy groups -OCH3 is 1. The predicted octanol–water partition coefficient (Wildman–Crippen LogP) is 3.18. The molecule has 7 nitrogen and oxygen atoms in total. The van der Waals surface area contributed by atoms with Crippen molar-refractivity contribution in [1.29, 1.82) is 0 Å². The zero-order chi connectivity index (χ0) is 17.5. The summed E-state index contributed by atoms with van der Waals surface area (Å²) in [5, 5.41) is 14.7. The number of benzene rings is 1. The summed E-state index contributed by atoms with van der Waals surface area (Å²) in [6.07, 6.45) is 1.37. The molecule has 1 aromatic carbocycles. The second-order valence-electron chi connectivity index (χ2n) is 6.00. The number of carbonyl (C=O) groups is 1. The van der Waals surface area contributed by atoms with Gasteiger partial charge in [0.15, 0.2) is 17.7 Å². The zero-order valence-corrected chi connectivity index (χ0v) is 14.3. The van der Waals surface area contributed by atoms with Crippen LogP contribution in [0, 0.1) is 5.92 Å². The van der Waals surface area contributed by atoms with Crippen LogP contribution in [0.5, 0.6) is 11.5 Å². The highest BCUT2D eigenvalue weighted by molar-refractivity contribution is 5.80. The molecule has 0 saturated carbocycles. The van der Waals surface area contributed by atoms with Gasteiger partial charge in [0.2, 0.25) is 0 Å². The van der Waals surface area contributed by atoms with Gasteiger partial charge in [0.25, 0.3) is 0 Å². The van der Waals surface area contributed by atoms with Crippen molar-refractivity contribution < 1.29 is 24.1 Å². The summed E-state index contributed by atoms with van der Waals surface area (Å²) in [6, 6.07) is 5.55. The molecule has 1 aliphatic heterocycles. The fourth-order valence-electron chi connectivity index (χ4n) is 2.37. The van der Waals surface area contributed by atoms with Crippen LogP contribution in [0.15, 0.2) is 23.3 Å². The fraction of sp³-hybridized carbons (Fsp3) is 0.529. The Morgan fingerprint density at radius 2 is 2.25 bits per heavy atom. The van der Waals surface area contributed by atoms with Gasteiger partial charge in [-0.1, -0.05) is 13.8 Å². The van der Waals surface area contributed by atoms with Crippen molar-refractivity contribution in [1.82, 2.24) is 5.01 Å². The van der Waals surface area contributed by atoms with E-state index in [-0.39, 0.29) is 0 Å². The van der Waals surface area contributed by atoms with Crippen molar-refractivity contribution in [2.24, 2.45) is 11.0 Å². The molecule has 1 heterocycles. The first-order valence-corrected chi connectivity index (χ1v) is 8.00. The van der Waals surface area contributed by atoms with Gasteiger partial charge in [-0.2, -0.15) is 5.10 Å². The van der Waals surface area contributed by atoms with Crippen LogP contribution >= 0.6 is 0 Å². The molecule has 1 N–H and O–H groups in total. The van der Waals surface area contributed by atoms with Gasteiger partial charge in [-0.05, 0) is 36.1 Å². The van der Waals surface area contributed by atoms with Gasteiger partial charge >= 0.3 is 6.16 Å². The van der Waals surface area contributed by atoms with E-state index in [2.05, 4.69) is 18.9 Å². The quantitative estimate of drug-likeness (QED) is 0.608. The Morgan fingerprint density at radius 3 is 2.92 bits per heavy atom. The van der Waals surface area contributed by atoms with Gasteiger partial charge in [-0.25, -0.2) is 4.79 Å². The van der Waals surface area contributed by atoms with E-state index in [4.69, 9.17) is 19.3 Å². The lowest BCUT2D eigenvalue weighted by Crippen LogP contribution is -2.29. The van der Waals surface area contributed by atoms with Crippen molar-refractivity contribution in [2.45, 2.75) is 32.9 Å². The minimum atomic E-state index is -1.28. The van der Waals surface area contributed by atoms with Crippen molar-refractivity contribution in [3.05, 3.63) is 23.8 Å². The minimum absolute atomic E-state index is 0.408. The van der Waals surface area contributed by atoms with Crippen LogP contribution in [0.2, 0.25) is 0 Å². The van der Waals surface area contributed by atoms with Crippen LogP contribution in [0.25, 0.3) is 0 Å². The molecule has 0 aliphatic carbocycles. The Balaban J connectivity index is 2.08. The first-order chi connectivity index (χ1) is 11.5. The molecular weight excluding hydrogens is 312 g/mol. The molecule has 1 saturated heterocycles. The molecule has 0 bridgehead atoms.